The predicted molar refractivity (Wildman–Crippen MR) is 61.1 cm³/mol. The lowest BCUT2D eigenvalue weighted by molar-refractivity contribution is 0.0362. The second-order valence-electron chi connectivity index (χ2n) is 4.27. The van der Waals surface area contributed by atoms with E-state index in [1.54, 1.807) is 0 Å². The normalized spacial score (nSPS) is 23.3. The summed E-state index contributed by atoms with van der Waals surface area (Å²) in [5.41, 5.74) is 0.447. The van der Waals surface area contributed by atoms with Gasteiger partial charge in [0.15, 0.2) is 0 Å². The van der Waals surface area contributed by atoms with E-state index in [2.05, 4.69) is 9.72 Å². The van der Waals surface area contributed by atoms with E-state index in [4.69, 9.17) is 13.9 Å². The van der Waals surface area contributed by atoms with Crippen LogP contribution >= 0.6 is 0 Å². The standard InChI is InChI=1S/C12H17NO5/c1-7-4-5-9(17-7)11-13-8(6-15-2)10(18-11)12(14)16-3/h7,9H,4-6H2,1-3H3. The van der Waals surface area contributed by atoms with Gasteiger partial charge >= 0.3 is 5.97 Å². The molecule has 100 valence electrons. The molecule has 0 aliphatic carbocycles. The summed E-state index contributed by atoms with van der Waals surface area (Å²) in [6, 6.07) is 0. The van der Waals surface area contributed by atoms with E-state index in [1.165, 1.54) is 14.2 Å². The summed E-state index contributed by atoms with van der Waals surface area (Å²) in [7, 11) is 2.83. The fraction of sp³-hybridized carbons (Fsp3) is 0.667. The van der Waals surface area contributed by atoms with Crippen LogP contribution in [0.1, 0.15) is 48.0 Å². The molecule has 6 nitrogen and oxygen atoms in total. The molecule has 2 heterocycles. The molecule has 1 aliphatic rings. The summed E-state index contributed by atoms with van der Waals surface area (Å²) >= 11 is 0. The van der Waals surface area contributed by atoms with Crippen LogP contribution in [0.3, 0.4) is 0 Å². The van der Waals surface area contributed by atoms with Crippen LogP contribution in [0.4, 0.5) is 0 Å². The Labute approximate surface area is 105 Å². The zero-order valence-electron chi connectivity index (χ0n) is 10.8. The molecule has 0 N–H and O–H groups in total. The summed E-state index contributed by atoms with van der Waals surface area (Å²) in [4.78, 5) is 15.8. The van der Waals surface area contributed by atoms with Gasteiger partial charge in [0.2, 0.25) is 11.7 Å². The van der Waals surface area contributed by atoms with Gasteiger partial charge in [0.05, 0.1) is 19.8 Å². The molecule has 1 saturated heterocycles. The minimum Gasteiger partial charge on any atom is -0.463 e. The molecule has 0 aromatic carbocycles. The first-order chi connectivity index (χ1) is 8.65. The fourth-order valence-electron chi connectivity index (χ4n) is 1.98. The Morgan fingerprint density at radius 3 is 2.78 bits per heavy atom. The SMILES string of the molecule is COCc1nc(C2CCC(C)O2)oc1C(=O)OC. The molecule has 1 aromatic heterocycles. The highest BCUT2D eigenvalue weighted by Crippen LogP contribution is 2.33. The van der Waals surface area contributed by atoms with Gasteiger partial charge in [-0.2, -0.15) is 0 Å². The van der Waals surface area contributed by atoms with Crippen LogP contribution in [0, 0.1) is 0 Å². The molecule has 0 radical (unpaired) electrons. The van der Waals surface area contributed by atoms with Crippen molar-refractivity contribution in [2.45, 2.75) is 38.6 Å². The van der Waals surface area contributed by atoms with Crippen molar-refractivity contribution in [3.8, 4) is 0 Å². The third kappa shape index (κ3) is 2.54. The lowest BCUT2D eigenvalue weighted by atomic mass is 10.2. The number of oxazole rings is 1. The molecule has 1 aliphatic heterocycles. The zero-order chi connectivity index (χ0) is 13.1. The molecule has 1 fully saturated rings. The monoisotopic (exact) mass is 255 g/mol. The van der Waals surface area contributed by atoms with Crippen molar-refractivity contribution in [3.05, 3.63) is 17.3 Å². The zero-order valence-corrected chi connectivity index (χ0v) is 10.8. The second kappa shape index (κ2) is 5.49. The number of methoxy groups -OCH3 is 2. The molecule has 0 spiro atoms. The number of carbonyl (C=O) groups is 1. The summed E-state index contributed by atoms with van der Waals surface area (Å²) in [6.07, 6.45) is 1.80. The van der Waals surface area contributed by atoms with Crippen molar-refractivity contribution < 1.29 is 23.4 Å². The number of ether oxygens (including phenoxy) is 3. The maximum atomic E-state index is 11.5. The van der Waals surface area contributed by atoms with Crippen LogP contribution in [0.5, 0.6) is 0 Å². The Bertz CT molecular complexity index is 428. The molecule has 18 heavy (non-hydrogen) atoms. The van der Waals surface area contributed by atoms with Crippen molar-refractivity contribution >= 4 is 5.97 Å². The highest BCUT2D eigenvalue weighted by Gasteiger charge is 2.30. The molecule has 0 bridgehead atoms. The largest absolute Gasteiger partial charge is 0.463 e. The molecule has 1 aromatic rings. The molecule has 2 atom stereocenters. The lowest BCUT2D eigenvalue weighted by Gasteiger charge is -2.05. The molecular formula is C12H17NO5. The number of nitrogens with zero attached hydrogens (tertiary/aromatic N) is 1. The minimum absolute atomic E-state index is 0.0949. The van der Waals surface area contributed by atoms with E-state index in [-0.39, 0.29) is 24.6 Å². The maximum absolute atomic E-state index is 11.5. The van der Waals surface area contributed by atoms with E-state index in [9.17, 15) is 4.79 Å². The Morgan fingerprint density at radius 1 is 1.44 bits per heavy atom. The number of hydrogen-bond donors (Lipinski definition) is 0. The average Bonchev–Trinajstić information content (AvgIpc) is 2.95. The van der Waals surface area contributed by atoms with Crippen molar-refractivity contribution in [2.24, 2.45) is 0 Å². The third-order valence-electron chi connectivity index (χ3n) is 2.87. The molecular weight excluding hydrogens is 238 g/mol. The van der Waals surface area contributed by atoms with Crippen LogP contribution in [-0.4, -0.2) is 31.3 Å². The number of esters is 1. The topological polar surface area (TPSA) is 70.8 Å². The Hall–Kier alpha value is -1.40. The number of hydrogen-bond acceptors (Lipinski definition) is 6. The predicted octanol–water partition coefficient (Wildman–Crippen LogP) is 1.85. The Balaban J connectivity index is 2.24. The minimum atomic E-state index is -0.549. The van der Waals surface area contributed by atoms with E-state index in [0.717, 1.165) is 12.8 Å². The second-order valence-corrected chi connectivity index (χ2v) is 4.27. The van der Waals surface area contributed by atoms with Crippen molar-refractivity contribution in [1.29, 1.82) is 0 Å². The summed E-state index contributed by atoms with van der Waals surface area (Å²) in [6.45, 7) is 2.20. The molecule has 0 amide bonds. The van der Waals surface area contributed by atoms with Crippen molar-refractivity contribution in [1.82, 2.24) is 4.98 Å². The summed E-state index contributed by atoms with van der Waals surface area (Å²) in [5.74, 6) is -0.0313. The first-order valence-corrected chi connectivity index (χ1v) is 5.88. The van der Waals surface area contributed by atoms with E-state index >= 15 is 0 Å². The Kier molecular flexibility index (Phi) is 3.98. The van der Waals surface area contributed by atoms with Crippen LogP contribution in [-0.2, 0) is 20.8 Å². The van der Waals surface area contributed by atoms with Crippen LogP contribution in [0.15, 0.2) is 4.42 Å². The quantitative estimate of drug-likeness (QED) is 0.764. The smallest absolute Gasteiger partial charge is 0.376 e. The van der Waals surface area contributed by atoms with Gasteiger partial charge in [0.25, 0.3) is 0 Å². The highest BCUT2D eigenvalue weighted by atomic mass is 16.5. The summed E-state index contributed by atoms with van der Waals surface area (Å²) in [5, 5.41) is 0. The van der Waals surface area contributed by atoms with E-state index < -0.39 is 5.97 Å². The fourth-order valence-corrected chi connectivity index (χ4v) is 1.98. The van der Waals surface area contributed by atoms with Gasteiger partial charge in [-0.25, -0.2) is 9.78 Å². The van der Waals surface area contributed by atoms with Crippen LogP contribution < -0.4 is 0 Å². The average molecular weight is 255 g/mol. The first kappa shape index (κ1) is 13.0. The van der Waals surface area contributed by atoms with Gasteiger partial charge in [-0.05, 0) is 19.8 Å². The molecule has 6 heteroatoms. The van der Waals surface area contributed by atoms with Gasteiger partial charge in [-0.15, -0.1) is 0 Å². The van der Waals surface area contributed by atoms with Gasteiger partial charge in [-0.1, -0.05) is 0 Å². The number of carbonyl (C=O) groups excluding carboxylic acids is 1. The maximum Gasteiger partial charge on any atom is 0.376 e. The van der Waals surface area contributed by atoms with Gasteiger partial charge in [-0.3, -0.25) is 0 Å². The van der Waals surface area contributed by atoms with Gasteiger partial charge < -0.3 is 18.6 Å². The van der Waals surface area contributed by atoms with Crippen molar-refractivity contribution in [3.63, 3.8) is 0 Å². The summed E-state index contributed by atoms with van der Waals surface area (Å²) < 4.78 is 20.8. The van der Waals surface area contributed by atoms with Crippen molar-refractivity contribution in [2.75, 3.05) is 14.2 Å². The van der Waals surface area contributed by atoms with E-state index in [1.807, 2.05) is 6.92 Å². The van der Waals surface area contributed by atoms with Crippen LogP contribution in [0.25, 0.3) is 0 Å². The number of rotatable bonds is 4. The van der Waals surface area contributed by atoms with Gasteiger partial charge in [0, 0.05) is 7.11 Å². The lowest BCUT2D eigenvalue weighted by Crippen LogP contribution is -2.04. The highest BCUT2D eigenvalue weighted by molar-refractivity contribution is 5.87. The molecule has 0 saturated carbocycles. The third-order valence-corrected chi connectivity index (χ3v) is 2.87. The number of aromatic nitrogens is 1. The Morgan fingerprint density at radius 2 is 2.22 bits per heavy atom. The first-order valence-electron chi connectivity index (χ1n) is 5.88. The van der Waals surface area contributed by atoms with E-state index in [0.29, 0.717) is 11.6 Å². The molecule has 2 unspecified atom stereocenters. The van der Waals surface area contributed by atoms with Gasteiger partial charge in [0.1, 0.15) is 11.8 Å². The molecule has 2 rings (SSSR count). The van der Waals surface area contributed by atoms with Crippen LogP contribution in [0.2, 0.25) is 0 Å².